The highest BCUT2D eigenvalue weighted by Crippen LogP contribution is 2.51. The molecule has 1 aliphatic carbocycles. The Morgan fingerprint density at radius 3 is 2.41 bits per heavy atom. The van der Waals surface area contributed by atoms with Crippen molar-refractivity contribution in [2.75, 3.05) is 0 Å². The highest BCUT2D eigenvalue weighted by Gasteiger charge is 2.36. The molecule has 0 saturated carbocycles. The van der Waals surface area contributed by atoms with E-state index in [1.54, 1.807) is 0 Å². The summed E-state index contributed by atoms with van der Waals surface area (Å²) in [6, 6.07) is 13.2. The summed E-state index contributed by atoms with van der Waals surface area (Å²) in [5.41, 5.74) is 9.18. The maximum absolute atomic E-state index is 6.58. The Labute approximate surface area is 160 Å². The van der Waals surface area contributed by atoms with Crippen LogP contribution in [0.5, 0.6) is 0 Å². The molecule has 0 amide bonds. The standard InChI is InChI=1S/C25H25NO/c1-14-9-10-15-19-20-16(25(5,6)17-8-7-13-26-21(15)17)11-12-18(24(2,3)4)23(20)27-22(14)19/h7-13H,1-6H3. The Morgan fingerprint density at radius 2 is 1.67 bits per heavy atom. The summed E-state index contributed by atoms with van der Waals surface area (Å²) in [5.74, 6) is 0. The highest BCUT2D eigenvalue weighted by molar-refractivity contribution is 6.16. The molecular weight excluding hydrogens is 330 g/mol. The number of hydrogen-bond acceptors (Lipinski definition) is 2. The smallest absolute Gasteiger partial charge is 0.139 e. The molecule has 2 aromatic carbocycles. The minimum Gasteiger partial charge on any atom is -0.455 e. The lowest BCUT2D eigenvalue weighted by atomic mass is 9.75. The lowest BCUT2D eigenvalue weighted by Crippen LogP contribution is -2.21. The average molecular weight is 355 g/mol. The molecule has 2 heteroatoms. The van der Waals surface area contributed by atoms with Crippen molar-refractivity contribution in [3.63, 3.8) is 0 Å². The van der Waals surface area contributed by atoms with Gasteiger partial charge in [0.2, 0.25) is 0 Å². The summed E-state index contributed by atoms with van der Waals surface area (Å²) in [4.78, 5) is 4.81. The lowest BCUT2D eigenvalue weighted by molar-refractivity contribution is 0.570. The minimum absolute atomic E-state index is 0.0159. The molecule has 0 unspecified atom stereocenters. The van der Waals surface area contributed by atoms with Gasteiger partial charge in [-0.3, -0.25) is 4.98 Å². The third kappa shape index (κ3) is 2.04. The number of rotatable bonds is 0. The third-order valence-electron chi connectivity index (χ3n) is 6.18. The molecule has 136 valence electrons. The summed E-state index contributed by atoms with van der Waals surface area (Å²) in [6.07, 6.45) is 1.90. The van der Waals surface area contributed by atoms with Crippen molar-refractivity contribution in [2.45, 2.75) is 52.4 Å². The van der Waals surface area contributed by atoms with Gasteiger partial charge < -0.3 is 4.42 Å². The Hall–Kier alpha value is -2.61. The number of hydrogen-bond donors (Lipinski definition) is 0. The van der Waals surface area contributed by atoms with Gasteiger partial charge in [-0.2, -0.15) is 0 Å². The van der Waals surface area contributed by atoms with Gasteiger partial charge >= 0.3 is 0 Å². The monoisotopic (exact) mass is 355 g/mol. The number of furan rings is 1. The van der Waals surface area contributed by atoms with E-state index in [4.69, 9.17) is 9.40 Å². The summed E-state index contributed by atoms with van der Waals surface area (Å²) in [5, 5.41) is 2.48. The van der Waals surface area contributed by atoms with Crippen LogP contribution in [-0.2, 0) is 10.8 Å². The predicted molar refractivity (Wildman–Crippen MR) is 113 cm³/mol. The van der Waals surface area contributed by atoms with Crippen molar-refractivity contribution in [3.8, 4) is 11.3 Å². The normalized spacial score (nSPS) is 15.3. The van der Waals surface area contributed by atoms with Gasteiger partial charge in [0.25, 0.3) is 0 Å². The molecule has 0 aliphatic heterocycles. The first-order valence-corrected chi connectivity index (χ1v) is 9.67. The van der Waals surface area contributed by atoms with E-state index in [0.29, 0.717) is 0 Å². The summed E-state index contributed by atoms with van der Waals surface area (Å²) in [6.45, 7) is 13.5. The molecule has 0 saturated heterocycles. The van der Waals surface area contributed by atoms with Crippen LogP contribution in [0.2, 0.25) is 0 Å². The highest BCUT2D eigenvalue weighted by atomic mass is 16.3. The Balaban J connectivity index is 2.11. The molecule has 5 rings (SSSR count). The molecule has 2 heterocycles. The molecule has 4 aromatic rings. The molecule has 0 N–H and O–H groups in total. The van der Waals surface area contributed by atoms with Crippen LogP contribution in [0.4, 0.5) is 0 Å². The molecule has 0 atom stereocenters. The second-order valence-corrected chi connectivity index (χ2v) is 9.38. The van der Waals surface area contributed by atoms with Crippen LogP contribution >= 0.6 is 0 Å². The molecule has 0 spiro atoms. The van der Waals surface area contributed by atoms with Crippen LogP contribution in [0.1, 0.15) is 56.9 Å². The fraction of sp³-hybridized carbons (Fsp3) is 0.320. The molecule has 27 heavy (non-hydrogen) atoms. The van der Waals surface area contributed by atoms with Gasteiger partial charge in [0.15, 0.2) is 0 Å². The zero-order chi connectivity index (χ0) is 19.1. The van der Waals surface area contributed by atoms with Crippen molar-refractivity contribution < 1.29 is 4.42 Å². The fourth-order valence-corrected chi connectivity index (χ4v) is 4.68. The van der Waals surface area contributed by atoms with E-state index in [2.05, 4.69) is 71.9 Å². The molecular formula is C25H25NO. The lowest BCUT2D eigenvalue weighted by Gasteiger charge is -2.28. The van der Waals surface area contributed by atoms with Gasteiger partial charge in [-0.1, -0.05) is 65.0 Å². The van der Waals surface area contributed by atoms with Crippen LogP contribution in [0, 0.1) is 6.92 Å². The van der Waals surface area contributed by atoms with Gasteiger partial charge in [-0.25, -0.2) is 0 Å². The van der Waals surface area contributed by atoms with Gasteiger partial charge in [0.05, 0.1) is 5.69 Å². The van der Waals surface area contributed by atoms with Crippen molar-refractivity contribution >= 4 is 21.9 Å². The Morgan fingerprint density at radius 1 is 0.889 bits per heavy atom. The number of aryl methyl sites for hydroxylation is 1. The molecule has 2 nitrogen and oxygen atoms in total. The third-order valence-corrected chi connectivity index (χ3v) is 6.18. The number of benzene rings is 2. The average Bonchev–Trinajstić information content (AvgIpc) is 2.98. The van der Waals surface area contributed by atoms with Gasteiger partial charge in [0.1, 0.15) is 11.2 Å². The van der Waals surface area contributed by atoms with E-state index >= 15 is 0 Å². The molecule has 0 bridgehead atoms. The van der Waals surface area contributed by atoms with Gasteiger partial charge in [-0.05, 0) is 35.1 Å². The van der Waals surface area contributed by atoms with E-state index in [1.807, 2.05) is 12.3 Å². The van der Waals surface area contributed by atoms with Gasteiger partial charge in [0, 0.05) is 33.5 Å². The SMILES string of the molecule is Cc1ccc2c3c1oc1c(C(C)(C)C)ccc(c13)C(C)(C)c1cccnc1-2. The van der Waals surface area contributed by atoms with E-state index < -0.39 is 0 Å². The maximum atomic E-state index is 6.58. The molecule has 0 fully saturated rings. The first kappa shape index (κ1) is 16.6. The molecule has 1 aliphatic rings. The Bertz CT molecular complexity index is 1230. The van der Waals surface area contributed by atoms with E-state index in [9.17, 15) is 0 Å². The van der Waals surface area contributed by atoms with Crippen molar-refractivity contribution in [1.82, 2.24) is 4.98 Å². The molecule has 2 aromatic heterocycles. The largest absolute Gasteiger partial charge is 0.455 e. The van der Waals surface area contributed by atoms with Crippen LogP contribution in [-0.4, -0.2) is 4.98 Å². The van der Waals surface area contributed by atoms with E-state index in [-0.39, 0.29) is 10.8 Å². The van der Waals surface area contributed by atoms with Gasteiger partial charge in [-0.15, -0.1) is 0 Å². The Kier molecular flexibility index (Phi) is 3.07. The van der Waals surface area contributed by atoms with Crippen molar-refractivity contribution in [2.24, 2.45) is 0 Å². The topological polar surface area (TPSA) is 26.0 Å². The predicted octanol–water partition coefficient (Wildman–Crippen LogP) is 6.89. The summed E-state index contributed by atoms with van der Waals surface area (Å²) >= 11 is 0. The van der Waals surface area contributed by atoms with Crippen LogP contribution in [0.25, 0.3) is 33.2 Å². The van der Waals surface area contributed by atoms with Crippen molar-refractivity contribution in [3.05, 3.63) is 64.8 Å². The first-order valence-electron chi connectivity index (χ1n) is 9.67. The van der Waals surface area contributed by atoms with E-state index in [1.165, 1.54) is 38.6 Å². The summed E-state index contributed by atoms with van der Waals surface area (Å²) < 4.78 is 6.58. The number of fused-ring (bicyclic) bond motifs is 2. The second-order valence-electron chi connectivity index (χ2n) is 9.38. The zero-order valence-electron chi connectivity index (χ0n) is 16.9. The molecule has 0 radical (unpaired) electrons. The van der Waals surface area contributed by atoms with Crippen LogP contribution in [0.3, 0.4) is 0 Å². The van der Waals surface area contributed by atoms with Crippen LogP contribution < -0.4 is 0 Å². The minimum atomic E-state index is -0.151. The maximum Gasteiger partial charge on any atom is 0.139 e. The fourth-order valence-electron chi connectivity index (χ4n) is 4.68. The van der Waals surface area contributed by atoms with E-state index in [0.717, 1.165) is 16.9 Å². The number of nitrogens with zero attached hydrogens (tertiary/aromatic N) is 1. The zero-order valence-corrected chi connectivity index (χ0v) is 16.9. The number of pyridine rings is 1. The first-order chi connectivity index (χ1) is 12.7. The summed E-state index contributed by atoms with van der Waals surface area (Å²) in [7, 11) is 0. The number of aromatic nitrogens is 1. The second kappa shape index (κ2) is 5.01. The van der Waals surface area contributed by atoms with Crippen LogP contribution in [0.15, 0.2) is 47.0 Å². The quantitative estimate of drug-likeness (QED) is 0.343. The van der Waals surface area contributed by atoms with Crippen molar-refractivity contribution in [1.29, 1.82) is 0 Å².